The van der Waals surface area contributed by atoms with Gasteiger partial charge < -0.3 is 5.73 Å². The second kappa shape index (κ2) is 4.86. The molecule has 0 atom stereocenters. The molecular weight excluding hydrogens is 189 g/mol. The van der Waals surface area contributed by atoms with E-state index in [-0.39, 0.29) is 11.7 Å². The third kappa shape index (κ3) is 2.73. The van der Waals surface area contributed by atoms with E-state index in [1.807, 2.05) is 0 Å². The van der Waals surface area contributed by atoms with Crippen molar-refractivity contribution in [2.75, 3.05) is 5.88 Å². The predicted octanol–water partition coefficient (Wildman–Crippen LogP) is 1.87. The molecule has 0 fully saturated rings. The van der Waals surface area contributed by atoms with Crippen LogP contribution in [0.4, 0.5) is 4.39 Å². The lowest BCUT2D eigenvalue weighted by atomic mass is 10.1. The summed E-state index contributed by atoms with van der Waals surface area (Å²) in [6, 6.07) is 4.36. The van der Waals surface area contributed by atoms with Crippen LogP contribution in [0.2, 0.25) is 0 Å². The van der Waals surface area contributed by atoms with Crippen LogP contribution in [0.5, 0.6) is 0 Å². The first-order valence-corrected chi connectivity index (χ1v) is 4.34. The van der Waals surface area contributed by atoms with E-state index in [4.69, 9.17) is 17.3 Å². The fraction of sp³-hybridized carbons (Fsp3) is 0.200. The number of nitrogens with two attached hydrogens (primary N) is 1. The van der Waals surface area contributed by atoms with Crippen molar-refractivity contribution in [1.82, 2.24) is 0 Å². The van der Waals surface area contributed by atoms with Gasteiger partial charge in [0.25, 0.3) is 0 Å². The highest BCUT2D eigenvalue weighted by molar-refractivity contribution is 6.19. The number of alkyl halides is 1. The van der Waals surface area contributed by atoms with Crippen LogP contribution >= 0.6 is 11.6 Å². The van der Waals surface area contributed by atoms with E-state index >= 15 is 0 Å². The number of benzene rings is 1. The van der Waals surface area contributed by atoms with Gasteiger partial charge in [0, 0.05) is 12.1 Å². The van der Waals surface area contributed by atoms with Crippen molar-refractivity contribution in [1.29, 1.82) is 0 Å². The first-order chi connectivity index (χ1) is 6.27. The van der Waals surface area contributed by atoms with Crippen LogP contribution in [-0.2, 0) is 6.54 Å². The van der Waals surface area contributed by atoms with Crippen molar-refractivity contribution in [3.8, 4) is 11.8 Å². The van der Waals surface area contributed by atoms with Crippen molar-refractivity contribution < 1.29 is 4.39 Å². The second-order valence-electron chi connectivity index (χ2n) is 2.44. The molecular formula is C10H9ClFN. The van der Waals surface area contributed by atoms with E-state index in [2.05, 4.69) is 11.8 Å². The molecule has 13 heavy (non-hydrogen) atoms. The maximum Gasteiger partial charge on any atom is 0.124 e. The van der Waals surface area contributed by atoms with E-state index in [1.54, 1.807) is 6.07 Å². The summed E-state index contributed by atoms with van der Waals surface area (Å²) in [5.41, 5.74) is 6.90. The molecule has 0 aliphatic heterocycles. The number of halogens is 2. The Morgan fingerprint density at radius 3 is 2.85 bits per heavy atom. The van der Waals surface area contributed by atoms with E-state index in [9.17, 15) is 4.39 Å². The van der Waals surface area contributed by atoms with Gasteiger partial charge in [-0.25, -0.2) is 4.39 Å². The van der Waals surface area contributed by atoms with Gasteiger partial charge >= 0.3 is 0 Å². The molecule has 1 rings (SSSR count). The summed E-state index contributed by atoms with van der Waals surface area (Å²) in [6.07, 6.45) is 0. The Labute approximate surface area is 81.7 Å². The van der Waals surface area contributed by atoms with Crippen LogP contribution < -0.4 is 5.73 Å². The molecule has 1 aromatic carbocycles. The van der Waals surface area contributed by atoms with Crippen LogP contribution in [0.3, 0.4) is 0 Å². The smallest absolute Gasteiger partial charge is 0.124 e. The number of hydrogen-bond acceptors (Lipinski definition) is 1. The molecule has 0 heterocycles. The van der Waals surface area contributed by atoms with Crippen LogP contribution in [0.15, 0.2) is 18.2 Å². The zero-order valence-electron chi connectivity index (χ0n) is 6.98. The first-order valence-electron chi connectivity index (χ1n) is 3.81. The highest BCUT2D eigenvalue weighted by atomic mass is 35.5. The SMILES string of the molecule is NCc1ccc(F)cc1C#CCCl. The fourth-order valence-corrected chi connectivity index (χ4v) is 1.04. The summed E-state index contributed by atoms with van der Waals surface area (Å²) in [5, 5.41) is 0. The number of rotatable bonds is 1. The van der Waals surface area contributed by atoms with E-state index < -0.39 is 0 Å². The Morgan fingerprint density at radius 1 is 1.46 bits per heavy atom. The van der Waals surface area contributed by atoms with Gasteiger partial charge in [-0.05, 0) is 17.7 Å². The molecule has 0 aliphatic rings. The van der Waals surface area contributed by atoms with Gasteiger partial charge in [0.1, 0.15) is 5.82 Å². The zero-order valence-corrected chi connectivity index (χ0v) is 7.74. The summed E-state index contributed by atoms with van der Waals surface area (Å²) in [4.78, 5) is 0. The molecule has 0 unspecified atom stereocenters. The molecule has 1 nitrogen and oxygen atoms in total. The Balaban J connectivity index is 3.08. The topological polar surface area (TPSA) is 26.0 Å². The Hall–Kier alpha value is -1.04. The van der Waals surface area contributed by atoms with Gasteiger partial charge in [0.2, 0.25) is 0 Å². The van der Waals surface area contributed by atoms with Crippen molar-refractivity contribution >= 4 is 11.6 Å². The lowest BCUT2D eigenvalue weighted by Crippen LogP contribution is -1.99. The molecule has 1 aromatic rings. The molecule has 3 heteroatoms. The van der Waals surface area contributed by atoms with Gasteiger partial charge in [-0.2, -0.15) is 0 Å². The Morgan fingerprint density at radius 2 is 2.23 bits per heavy atom. The van der Waals surface area contributed by atoms with Gasteiger partial charge in [0.15, 0.2) is 0 Å². The van der Waals surface area contributed by atoms with Gasteiger partial charge in [0.05, 0.1) is 5.88 Å². The predicted molar refractivity (Wildman–Crippen MR) is 51.9 cm³/mol. The largest absolute Gasteiger partial charge is 0.326 e. The summed E-state index contributed by atoms with van der Waals surface area (Å²) in [6.45, 7) is 0.354. The Bertz CT molecular complexity index is 352. The molecule has 2 N–H and O–H groups in total. The molecule has 0 spiro atoms. The maximum atomic E-state index is 12.8. The third-order valence-electron chi connectivity index (χ3n) is 1.58. The van der Waals surface area contributed by atoms with Crippen LogP contribution in [0, 0.1) is 17.7 Å². The average molecular weight is 198 g/mol. The summed E-state index contributed by atoms with van der Waals surface area (Å²) < 4.78 is 12.8. The molecule has 0 bridgehead atoms. The molecule has 0 amide bonds. The summed E-state index contributed by atoms with van der Waals surface area (Å²) in [7, 11) is 0. The second-order valence-corrected chi connectivity index (χ2v) is 2.71. The van der Waals surface area contributed by atoms with Gasteiger partial charge in [-0.15, -0.1) is 11.6 Å². The van der Waals surface area contributed by atoms with Crippen molar-refractivity contribution in [2.45, 2.75) is 6.54 Å². The molecule has 68 valence electrons. The van der Waals surface area contributed by atoms with E-state index in [1.165, 1.54) is 12.1 Å². The first kappa shape index (κ1) is 10.0. The Kier molecular flexibility index (Phi) is 3.75. The average Bonchev–Trinajstić information content (AvgIpc) is 2.15. The summed E-state index contributed by atoms with van der Waals surface area (Å²) in [5.74, 6) is 5.34. The maximum absolute atomic E-state index is 12.8. The molecule has 0 saturated heterocycles. The lowest BCUT2D eigenvalue weighted by Gasteiger charge is -2.00. The lowest BCUT2D eigenvalue weighted by molar-refractivity contribution is 0.626. The van der Waals surface area contributed by atoms with Crippen molar-refractivity contribution in [3.05, 3.63) is 35.1 Å². The molecule has 0 radical (unpaired) electrons. The molecule has 0 aliphatic carbocycles. The van der Waals surface area contributed by atoms with Crippen LogP contribution in [-0.4, -0.2) is 5.88 Å². The minimum absolute atomic E-state index is 0.237. The highest BCUT2D eigenvalue weighted by Crippen LogP contribution is 2.09. The van der Waals surface area contributed by atoms with Crippen LogP contribution in [0.1, 0.15) is 11.1 Å². The minimum atomic E-state index is -0.309. The van der Waals surface area contributed by atoms with Gasteiger partial charge in [-0.1, -0.05) is 17.9 Å². The quantitative estimate of drug-likeness (QED) is 0.540. The zero-order chi connectivity index (χ0) is 9.68. The minimum Gasteiger partial charge on any atom is -0.326 e. The van der Waals surface area contributed by atoms with Crippen LogP contribution in [0.25, 0.3) is 0 Å². The van der Waals surface area contributed by atoms with Crippen molar-refractivity contribution in [2.24, 2.45) is 5.73 Å². The highest BCUT2D eigenvalue weighted by Gasteiger charge is 1.98. The standard InChI is InChI=1S/C10H9ClFN/c11-5-1-2-8-6-10(12)4-3-9(8)7-13/h3-4,6H,5,7,13H2. The van der Waals surface area contributed by atoms with E-state index in [0.29, 0.717) is 12.1 Å². The normalized spacial score (nSPS) is 9.15. The van der Waals surface area contributed by atoms with E-state index in [0.717, 1.165) is 5.56 Å². The monoisotopic (exact) mass is 197 g/mol. The molecule has 0 saturated carbocycles. The van der Waals surface area contributed by atoms with Crippen molar-refractivity contribution in [3.63, 3.8) is 0 Å². The fourth-order valence-electron chi connectivity index (χ4n) is 0.972. The molecule has 0 aromatic heterocycles. The summed E-state index contributed by atoms with van der Waals surface area (Å²) >= 11 is 5.39. The van der Waals surface area contributed by atoms with Gasteiger partial charge in [-0.3, -0.25) is 0 Å². The third-order valence-corrected chi connectivity index (χ3v) is 1.72. The number of hydrogen-bond donors (Lipinski definition) is 1.